The third-order valence-corrected chi connectivity index (χ3v) is 3.50. The van der Waals surface area contributed by atoms with Crippen LogP contribution in [0.25, 0.3) is 0 Å². The molecule has 1 aromatic rings. The molecular formula is C9H11NO2Si. The van der Waals surface area contributed by atoms with Crippen LogP contribution in [0.4, 0.5) is 5.69 Å². The molecule has 0 spiro atoms. The molecule has 0 radical (unpaired) electrons. The third kappa shape index (κ3) is 1.44. The molecule has 1 N–H and O–H groups in total. The van der Waals surface area contributed by atoms with Crippen LogP contribution in [0.5, 0.6) is 0 Å². The molecule has 0 saturated carbocycles. The number of para-hydroxylation sites is 1. The van der Waals surface area contributed by atoms with Crippen LogP contribution in [0.15, 0.2) is 24.3 Å². The fourth-order valence-corrected chi connectivity index (χ4v) is 2.90. The van der Waals surface area contributed by atoms with E-state index in [4.69, 9.17) is 4.43 Å². The van der Waals surface area contributed by atoms with Gasteiger partial charge in [0.25, 0.3) is 0 Å². The summed E-state index contributed by atoms with van der Waals surface area (Å²) in [5.41, 5.74) is 1.53. The van der Waals surface area contributed by atoms with Gasteiger partial charge in [0.2, 0.25) is 0 Å². The van der Waals surface area contributed by atoms with E-state index in [-0.39, 0.29) is 5.97 Å². The van der Waals surface area contributed by atoms with Gasteiger partial charge >= 0.3 is 14.4 Å². The number of nitrogens with one attached hydrogen (secondary N) is 1. The first-order chi connectivity index (χ1) is 6.08. The first-order valence-corrected chi connectivity index (χ1v) is 7.10. The van der Waals surface area contributed by atoms with Crippen molar-refractivity contribution in [3.8, 4) is 0 Å². The maximum atomic E-state index is 11.5. The van der Waals surface area contributed by atoms with Crippen LogP contribution in [0, 0.1) is 0 Å². The second-order valence-corrected chi connectivity index (χ2v) is 7.05. The zero-order valence-electron chi connectivity index (χ0n) is 7.63. The van der Waals surface area contributed by atoms with Crippen LogP contribution in [-0.4, -0.2) is 14.4 Å². The van der Waals surface area contributed by atoms with E-state index in [1.54, 1.807) is 6.07 Å². The second-order valence-electron chi connectivity index (χ2n) is 3.57. The fraction of sp³-hybridized carbons (Fsp3) is 0.222. The summed E-state index contributed by atoms with van der Waals surface area (Å²) in [4.78, 5) is 14.7. The minimum absolute atomic E-state index is 0.203. The van der Waals surface area contributed by atoms with Gasteiger partial charge in [-0.05, 0) is 25.2 Å². The number of carbonyl (C=O) groups is 1. The Kier molecular flexibility index (Phi) is 1.66. The molecule has 1 aliphatic heterocycles. The maximum Gasteiger partial charge on any atom is 0.355 e. The predicted octanol–water partition coefficient (Wildman–Crippen LogP) is 1.97. The highest BCUT2D eigenvalue weighted by Gasteiger charge is 2.34. The summed E-state index contributed by atoms with van der Waals surface area (Å²) in [7, 11) is -2.00. The molecule has 2 rings (SSSR count). The quantitative estimate of drug-likeness (QED) is 0.640. The summed E-state index contributed by atoms with van der Waals surface area (Å²) in [6.45, 7) is 3.92. The normalized spacial score (nSPS) is 18.5. The summed E-state index contributed by atoms with van der Waals surface area (Å²) in [5, 5.41) is 0. The largest absolute Gasteiger partial charge is 0.496 e. The summed E-state index contributed by atoms with van der Waals surface area (Å²) < 4.78 is 5.29. The van der Waals surface area contributed by atoms with Gasteiger partial charge < -0.3 is 9.41 Å². The second kappa shape index (κ2) is 2.60. The zero-order chi connectivity index (χ0) is 9.47. The van der Waals surface area contributed by atoms with Gasteiger partial charge in [0.1, 0.15) is 0 Å². The lowest BCUT2D eigenvalue weighted by atomic mass is 10.2. The minimum atomic E-state index is -2.00. The SMILES string of the molecule is C[Si]1(C)Nc2ccccc2C(=O)O1. The van der Waals surface area contributed by atoms with Gasteiger partial charge in [-0.1, -0.05) is 12.1 Å². The molecule has 0 amide bonds. The fourth-order valence-electron chi connectivity index (χ4n) is 1.41. The highest BCUT2D eigenvalue weighted by atomic mass is 28.4. The molecule has 0 bridgehead atoms. The molecule has 68 valence electrons. The summed E-state index contributed by atoms with van der Waals surface area (Å²) in [5.74, 6) is -0.203. The van der Waals surface area contributed by atoms with E-state index < -0.39 is 8.48 Å². The molecule has 0 aromatic heterocycles. The Bertz CT molecular complexity index is 362. The molecule has 3 nitrogen and oxygen atoms in total. The van der Waals surface area contributed by atoms with Gasteiger partial charge in [0.15, 0.2) is 0 Å². The van der Waals surface area contributed by atoms with Crippen LogP contribution >= 0.6 is 0 Å². The molecule has 4 heteroatoms. The topological polar surface area (TPSA) is 38.3 Å². The maximum absolute atomic E-state index is 11.5. The van der Waals surface area contributed by atoms with Crippen molar-refractivity contribution < 1.29 is 9.22 Å². The van der Waals surface area contributed by atoms with Gasteiger partial charge in [0.05, 0.1) is 5.56 Å². The lowest BCUT2D eigenvalue weighted by Crippen LogP contribution is -2.46. The van der Waals surface area contributed by atoms with E-state index in [2.05, 4.69) is 4.98 Å². The minimum Gasteiger partial charge on any atom is -0.496 e. The number of hydrogen-bond acceptors (Lipinski definition) is 3. The third-order valence-electron chi connectivity index (χ3n) is 1.93. The number of fused-ring (bicyclic) bond motifs is 1. The van der Waals surface area contributed by atoms with E-state index in [1.165, 1.54) is 0 Å². The van der Waals surface area contributed by atoms with Crippen LogP contribution < -0.4 is 4.98 Å². The Morgan fingerprint density at radius 3 is 2.77 bits per heavy atom. The summed E-state index contributed by atoms with van der Waals surface area (Å²) in [6, 6.07) is 7.43. The number of rotatable bonds is 0. The molecule has 1 aromatic carbocycles. The Morgan fingerprint density at radius 1 is 1.31 bits per heavy atom. The van der Waals surface area contributed by atoms with Gasteiger partial charge in [0, 0.05) is 5.69 Å². The van der Waals surface area contributed by atoms with E-state index in [9.17, 15) is 4.79 Å². The Labute approximate surface area is 77.9 Å². The van der Waals surface area contributed by atoms with Gasteiger partial charge in [-0.25, -0.2) is 4.79 Å². The Hall–Kier alpha value is -1.29. The number of carbonyl (C=O) groups excluding carboxylic acids is 1. The standard InChI is InChI=1S/C9H11NO2Si/c1-13(2)10-8-6-4-3-5-7(8)9(11)12-13/h3-6,10H,1-2H3. The number of benzene rings is 1. The lowest BCUT2D eigenvalue weighted by molar-refractivity contribution is 0.0720. The van der Waals surface area contributed by atoms with Crippen molar-refractivity contribution in [3.63, 3.8) is 0 Å². The average molecular weight is 193 g/mol. The first kappa shape index (κ1) is 8.31. The number of anilines is 1. The summed E-state index contributed by atoms with van der Waals surface area (Å²) >= 11 is 0. The van der Waals surface area contributed by atoms with E-state index in [0.29, 0.717) is 5.56 Å². The van der Waals surface area contributed by atoms with Gasteiger partial charge in [-0.15, -0.1) is 0 Å². The van der Waals surface area contributed by atoms with Crippen molar-refractivity contribution in [2.45, 2.75) is 13.1 Å². The van der Waals surface area contributed by atoms with E-state index in [0.717, 1.165) is 5.69 Å². The van der Waals surface area contributed by atoms with E-state index in [1.807, 2.05) is 31.3 Å². The van der Waals surface area contributed by atoms with E-state index >= 15 is 0 Å². The Balaban J connectivity index is 2.49. The molecule has 0 unspecified atom stereocenters. The molecule has 0 fully saturated rings. The zero-order valence-corrected chi connectivity index (χ0v) is 8.63. The predicted molar refractivity (Wildman–Crippen MR) is 53.0 cm³/mol. The van der Waals surface area contributed by atoms with Crippen LogP contribution in [0.1, 0.15) is 10.4 Å². The van der Waals surface area contributed by atoms with Gasteiger partial charge in [-0.3, -0.25) is 0 Å². The summed E-state index contributed by atoms with van der Waals surface area (Å²) in [6.07, 6.45) is 0. The molecule has 0 atom stereocenters. The van der Waals surface area contributed by atoms with Crippen molar-refractivity contribution in [2.75, 3.05) is 4.98 Å². The number of hydrogen-bond donors (Lipinski definition) is 1. The molecule has 0 aliphatic carbocycles. The molecule has 13 heavy (non-hydrogen) atoms. The molecule has 0 saturated heterocycles. The lowest BCUT2D eigenvalue weighted by Gasteiger charge is -2.30. The highest BCUT2D eigenvalue weighted by molar-refractivity contribution is 6.76. The monoisotopic (exact) mass is 193 g/mol. The van der Waals surface area contributed by atoms with Crippen LogP contribution in [0.2, 0.25) is 13.1 Å². The van der Waals surface area contributed by atoms with Crippen molar-refractivity contribution in [3.05, 3.63) is 29.8 Å². The smallest absolute Gasteiger partial charge is 0.355 e. The molecular weight excluding hydrogens is 182 g/mol. The van der Waals surface area contributed by atoms with Gasteiger partial charge in [-0.2, -0.15) is 0 Å². The van der Waals surface area contributed by atoms with Crippen molar-refractivity contribution in [1.82, 2.24) is 0 Å². The van der Waals surface area contributed by atoms with Crippen LogP contribution in [-0.2, 0) is 4.43 Å². The molecule has 1 heterocycles. The van der Waals surface area contributed by atoms with Crippen molar-refractivity contribution in [1.29, 1.82) is 0 Å². The van der Waals surface area contributed by atoms with Crippen LogP contribution in [0.3, 0.4) is 0 Å². The van der Waals surface area contributed by atoms with Crippen molar-refractivity contribution >= 4 is 20.1 Å². The first-order valence-electron chi connectivity index (χ1n) is 4.19. The molecule has 1 aliphatic rings. The highest BCUT2D eigenvalue weighted by Crippen LogP contribution is 2.25. The average Bonchev–Trinajstić information content (AvgIpc) is 2.02. The van der Waals surface area contributed by atoms with Crippen molar-refractivity contribution in [2.24, 2.45) is 0 Å². The Morgan fingerprint density at radius 2 is 2.00 bits per heavy atom.